The number of carbonyl (C=O) groups is 2. The van der Waals surface area contributed by atoms with Crippen molar-refractivity contribution >= 4 is 31.6 Å². The van der Waals surface area contributed by atoms with E-state index in [-0.39, 0.29) is 9.88 Å². The number of carboxylic acid groups (broad SMARTS) is 2. The Bertz CT molecular complexity index is 292. The number of hydrogen-bond donors (Lipinski definition) is 2. The minimum atomic E-state index is -1.17. The van der Waals surface area contributed by atoms with Crippen LogP contribution in [0.1, 0.15) is 0 Å². The van der Waals surface area contributed by atoms with E-state index in [9.17, 15) is 9.59 Å². The monoisotopic (exact) mass is 228 g/mol. The number of aliphatic carboxylic acids is 2. The van der Waals surface area contributed by atoms with Crippen LogP contribution in [0.3, 0.4) is 0 Å². The number of rotatable bonds is 2. The predicted molar refractivity (Wildman–Crippen MR) is 43.3 cm³/mol. The van der Waals surface area contributed by atoms with Gasteiger partial charge in [0.25, 0.3) is 0 Å². The Morgan fingerprint density at radius 2 is 1.92 bits per heavy atom. The quantitative estimate of drug-likeness (QED) is 0.624. The van der Waals surface area contributed by atoms with Crippen LogP contribution in [0, 0.1) is 0 Å². The van der Waals surface area contributed by atoms with E-state index in [1.807, 2.05) is 0 Å². The fourth-order valence-electron chi connectivity index (χ4n) is 0.748. The molecule has 0 fully saturated rings. The summed E-state index contributed by atoms with van der Waals surface area (Å²) in [6.45, 7) is 0. The van der Waals surface area contributed by atoms with Crippen LogP contribution in [0.15, 0.2) is 22.6 Å². The molecule has 1 heterocycles. The normalized spacial score (nSPS) is 16.3. The fourth-order valence-corrected chi connectivity index (χ4v) is 2.30. The van der Waals surface area contributed by atoms with Crippen molar-refractivity contribution in [2.24, 2.45) is 0 Å². The Morgan fingerprint density at radius 1 is 1.25 bits per heavy atom. The molecule has 0 amide bonds. The van der Waals surface area contributed by atoms with Gasteiger partial charge in [0.1, 0.15) is 0 Å². The first-order chi connectivity index (χ1) is 5.63. The molecule has 0 bridgehead atoms. The molecule has 1 aliphatic rings. The molecule has 0 spiro atoms. The zero-order valence-electron chi connectivity index (χ0n) is 5.89. The van der Waals surface area contributed by atoms with Crippen LogP contribution >= 0.6 is 0 Å². The first-order valence-electron chi connectivity index (χ1n) is 3.04. The first kappa shape index (κ1) is 8.94. The molecule has 4 nitrogen and oxygen atoms in total. The van der Waals surface area contributed by atoms with E-state index in [1.165, 1.54) is 6.08 Å². The molecule has 1 rings (SSSR count). The number of allylic oxidation sites excluding steroid dienone is 2. The molecule has 0 aromatic heterocycles. The zero-order chi connectivity index (χ0) is 9.14. The van der Waals surface area contributed by atoms with Gasteiger partial charge in [0, 0.05) is 0 Å². The maximum atomic E-state index is 10.5. The van der Waals surface area contributed by atoms with Crippen LogP contribution in [-0.4, -0.2) is 41.8 Å². The van der Waals surface area contributed by atoms with Gasteiger partial charge in [-0.15, -0.1) is 0 Å². The van der Waals surface area contributed by atoms with Gasteiger partial charge in [-0.1, -0.05) is 0 Å². The molecule has 0 unspecified atom stereocenters. The third kappa shape index (κ3) is 1.71. The number of carboxylic acids is 2. The summed E-state index contributed by atoms with van der Waals surface area (Å²) in [6, 6.07) is 0. The van der Waals surface area contributed by atoms with E-state index < -0.39 is 27.2 Å². The minimum absolute atomic E-state index is 0.0289. The Labute approximate surface area is 74.4 Å². The molecule has 1 aliphatic heterocycles. The summed E-state index contributed by atoms with van der Waals surface area (Å²) in [5, 5.41) is 17.2. The topological polar surface area (TPSA) is 74.6 Å². The standard InChI is InChI=1S/C7H5AsO4/c9-6(10)4-2-1-3-8-5(4)7(11)12/h1-3H,(H,9,10)(H,11,12). The van der Waals surface area contributed by atoms with Crippen molar-refractivity contribution in [3.8, 4) is 0 Å². The van der Waals surface area contributed by atoms with Crippen LogP contribution in [0.25, 0.3) is 0 Å². The van der Waals surface area contributed by atoms with Gasteiger partial charge in [-0.25, -0.2) is 0 Å². The van der Waals surface area contributed by atoms with Crippen LogP contribution in [0.4, 0.5) is 0 Å². The van der Waals surface area contributed by atoms with Crippen molar-refractivity contribution in [3.63, 3.8) is 0 Å². The molecule has 62 valence electrons. The Morgan fingerprint density at radius 3 is 2.33 bits per heavy atom. The van der Waals surface area contributed by atoms with Crippen LogP contribution in [0.2, 0.25) is 0 Å². The van der Waals surface area contributed by atoms with Gasteiger partial charge >= 0.3 is 73.9 Å². The van der Waals surface area contributed by atoms with Crippen LogP contribution in [-0.2, 0) is 9.59 Å². The molecule has 0 saturated carbocycles. The van der Waals surface area contributed by atoms with Crippen molar-refractivity contribution in [3.05, 3.63) is 22.6 Å². The van der Waals surface area contributed by atoms with Crippen molar-refractivity contribution < 1.29 is 19.8 Å². The second kappa shape index (κ2) is 3.50. The van der Waals surface area contributed by atoms with E-state index in [0.29, 0.717) is 0 Å². The fraction of sp³-hybridized carbons (Fsp3) is 0. The van der Waals surface area contributed by atoms with Crippen molar-refractivity contribution in [1.82, 2.24) is 0 Å². The Kier molecular flexibility index (Phi) is 2.61. The van der Waals surface area contributed by atoms with Gasteiger partial charge in [0.05, 0.1) is 0 Å². The van der Waals surface area contributed by atoms with E-state index in [4.69, 9.17) is 10.2 Å². The molecule has 0 aliphatic carbocycles. The van der Waals surface area contributed by atoms with Gasteiger partial charge in [0.15, 0.2) is 0 Å². The van der Waals surface area contributed by atoms with E-state index in [1.54, 1.807) is 10.9 Å². The third-order valence-corrected chi connectivity index (χ3v) is 3.36. The summed E-state index contributed by atoms with van der Waals surface area (Å²) in [4.78, 5) is 22.7. The summed E-state index contributed by atoms with van der Waals surface area (Å²) in [5.74, 6) is -2.31. The molecule has 0 aromatic carbocycles. The summed E-state index contributed by atoms with van der Waals surface area (Å²) >= 11 is -0.637. The van der Waals surface area contributed by atoms with Crippen molar-refractivity contribution in [2.45, 2.75) is 0 Å². The van der Waals surface area contributed by atoms with Gasteiger partial charge in [0.2, 0.25) is 0 Å². The maximum absolute atomic E-state index is 10.5. The van der Waals surface area contributed by atoms with E-state index >= 15 is 0 Å². The summed E-state index contributed by atoms with van der Waals surface area (Å²) in [7, 11) is 0. The van der Waals surface area contributed by atoms with Gasteiger partial charge < -0.3 is 0 Å². The van der Waals surface area contributed by atoms with Crippen LogP contribution in [0.5, 0.6) is 0 Å². The van der Waals surface area contributed by atoms with E-state index in [2.05, 4.69) is 0 Å². The molecule has 2 N–H and O–H groups in total. The van der Waals surface area contributed by atoms with Gasteiger partial charge in [-0.3, -0.25) is 0 Å². The number of hydrogen-bond acceptors (Lipinski definition) is 2. The second-order valence-corrected chi connectivity index (χ2v) is 4.12. The third-order valence-electron chi connectivity index (χ3n) is 1.24. The second-order valence-electron chi connectivity index (χ2n) is 2.01. The SMILES string of the molecule is O=C(O)C1=CC=C[As]=C1C(=O)O. The summed E-state index contributed by atoms with van der Waals surface area (Å²) < 4.78 is 0.0289. The molecule has 0 radical (unpaired) electrons. The van der Waals surface area contributed by atoms with Gasteiger partial charge in [-0.2, -0.15) is 0 Å². The molecule has 0 saturated heterocycles. The summed E-state index contributed by atoms with van der Waals surface area (Å²) in [6.07, 6.45) is 2.89. The Balaban J connectivity index is 3.09. The average Bonchev–Trinajstić information content (AvgIpc) is 2.04. The summed E-state index contributed by atoms with van der Waals surface area (Å²) in [5.41, 5.74) is -0.0926. The molecule has 12 heavy (non-hydrogen) atoms. The zero-order valence-corrected chi connectivity index (χ0v) is 7.77. The molecular formula is C7H5AsO4. The Hall–Kier alpha value is -1.15. The van der Waals surface area contributed by atoms with Gasteiger partial charge in [-0.05, 0) is 0 Å². The average molecular weight is 228 g/mol. The molecular weight excluding hydrogens is 223 g/mol. The molecule has 5 heteroatoms. The van der Waals surface area contributed by atoms with Crippen molar-refractivity contribution in [1.29, 1.82) is 0 Å². The van der Waals surface area contributed by atoms with Crippen LogP contribution < -0.4 is 0 Å². The van der Waals surface area contributed by atoms with E-state index in [0.717, 1.165) is 0 Å². The molecule has 0 atom stereocenters. The predicted octanol–water partition coefficient (Wildman–Crippen LogP) is -0.514. The first-order valence-corrected chi connectivity index (χ1v) is 5.06. The van der Waals surface area contributed by atoms with Crippen molar-refractivity contribution in [2.75, 3.05) is 0 Å². The molecule has 0 aromatic rings.